The van der Waals surface area contributed by atoms with Crippen molar-refractivity contribution >= 4 is 11.8 Å². The minimum atomic E-state index is -0.396. The van der Waals surface area contributed by atoms with Gasteiger partial charge < -0.3 is 4.74 Å². The van der Waals surface area contributed by atoms with Crippen LogP contribution >= 0.6 is 0 Å². The first kappa shape index (κ1) is 18.5. The van der Waals surface area contributed by atoms with Crippen molar-refractivity contribution in [1.82, 2.24) is 9.78 Å². The number of aryl methyl sites for hydroxylation is 2. The maximum atomic E-state index is 13.0. The lowest BCUT2D eigenvalue weighted by Crippen LogP contribution is -2.12. The molecule has 0 saturated heterocycles. The third-order valence-electron chi connectivity index (χ3n) is 4.43. The van der Waals surface area contributed by atoms with Crippen molar-refractivity contribution in [2.45, 2.75) is 20.3 Å². The van der Waals surface area contributed by atoms with Crippen LogP contribution in [-0.2, 0) is 18.3 Å². The third kappa shape index (κ3) is 4.11. The molecular formula is C21H19FN2O3. The number of carbonyl (C=O) groups excluding carboxylic acids is 2. The second-order valence-corrected chi connectivity index (χ2v) is 6.28. The van der Waals surface area contributed by atoms with E-state index in [1.807, 2.05) is 20.9 Å². The van der Waals surface area contributed by atoms with Crippen molar-refractivity contribution in [3.05, 3.63) is 82.4 Å². The molecule has 0 aliphatic heterocycles. The topological polar surface area (TPSA) is 61.2 Å². The number of rotatable bonds is 5. The summed E-state index contributed by atoms with van der Waals surface area (Å²) in [6.45, 7) is 3.75. The van der Waals surface area contributed by atoms with Crippen LogP contribution < -0.4 is 4.74 Å². The van der Waals surface area contributed by atoms with Gasteiger partial charge >= 0.3 is 5.97 Å². The number of ketones is 1. The number of halogens is 1. The molecule has 0 atom stereocenters. The van der Waals surface area contributed by atoms with Crippen molar-refractivity contribution in [2.24, 2.45) is 7.05 Å². The molecule has 0 aliphatic carbocycles. The largest absolute Gasteiger partial charge is 0.426 e. The Hall–Kier alpha value is -3.28. The monoisotopic (exact) mass is 366 g/mol. The molecule has 1 heterocycles. The molecule has 3 aromatic rings. The molecule has 0 unspecified atom stereocenters. The molecule has 6 heteroatoms. The van der Waals surface area contributed by atoms with E-state index in [4.69, 9.17) is 4.74 Å². The lowest BCUT2D eigenvalue weighted by atomic mass is 10.0. The van der Waals surface area contributed by atoms with Crippen LogP contribution in [0.1, 0.15) is 32.9 Å². The van der Waals surface area contributed by atoms with Crippen molar-refractivity contribution in [2.75, 3.05) is 0 Å². The molecule has 0 fully saturated rings. The number of benzene rings is 2. The number of carbonyl (C=O) groups is 2. The number of nitrogens with zero attached hydrogens (tertiary/aromatic N) is 2. The van der Waals surface area contributed by atoms with Crippen molar-refractivity contribution in [3.8, 4) is 5.75 Å². The number of hydrogen-bond acceptors (Lipinski definition) is 4. The maximum absolute atomic E-state index is 13.0. The summed E-state index contributed by atoms with van der Waals surface area (Å²) in [7, 11) is 1.83. The highest BCUT2D eigenvalue weighted by Gasteiger charge is 2.15. The van der Waals surface area contributed by atoms with E-state index < -0.39 is 11.8 Å². The summed E-state index contributed by atoms with van der Waals surface area (Å²) in [5.41, 5.74) is 3.39. The first-order valence-corrected chi connectivity index (χ1v) is 8.45. The van der Waals surface area contributed by atoms with Crippen molar-refractivity contribution in [3.63, 3.8) is 0 Å². The number of ether oxygens (including phenoxy) is 1. The smallest absolute Gasteiger partial charge is 0.315 e. The highest BCUT2D eigenvalue weighted by atomic mass is 19.1. The summed E-state index contributed by atoms with van der Waals surface area (Å²) >= 11 is 0. The minimum Gasteiger partial charge on any atom is -0.426 e. The van der Waals surface area contributed by atoms with Gasteiger partial charge in [-0.3, -0.25) is 14.3 Å². The molecule has 0 radical (unpaired) electrons. The van der Waals surface area contributed by atoms with Crippen LogP contribution in [0.15, 0.2) is 48.5 Å². The molecule has 2 aromatic carbocycles. The maximum Gasteiger partial charge on any atom is 0.315 e. The molecule has 0 spiro atoms. The molecular weight excluding hydrogens is 347 g/mol. The fraction of sp³-hybridized carbons (Fsp3) is 0.190. The van der Waals surface area contributed by atoms with Gasteiger partial charge in [-0.2, -0.15) is 5.10 Å². The van der Waals surface area contributed by atoms with Gasteiger partial charge in [0, 0.05) is 29.4 Å². The quantitative estimate of drug-likeness (QED) is 0.394. The minimum absolute atomic E-state index is 0.127. The van der Waals surface area contributed by atoms with Crippen molar-refractivity contribution in [1.29, 1.82) is 0 Å². The Morgan fingerprint density at radius 1 is 1.00 bits per heavy atom. The Morgan fingerprint density at radius 3 is 2.07 bits per heavy atom. The van der Waals surface area contributed by atoms with Crippen LogP contribution in [0.5, 0.6) is 5.75 Å². The lowest BCUT2D eigenvalue weighted by Gasteiger charge is -2.06. The Bertz CT molecular complexity index is 990. The van der Waals surface area contributed by atoms with E-state index in [0.717, 1.165) is 17.0 Å². The van der Waals surface area contributed by atoms with Crippen LogP contribution in [0.2, 0.25) is 0 Å². The van der Waals surface area contributed by atoms with E-state index >= 15 is 0 Å². The molecule has 0 bridgehead atoms. The zero-order valence-corrected chi connectivity index (χ0v) is 15.3. The van der Waals surface area contributed by atoms with Crippen LogP contribution in [0.4, 0.5) is 4.39 Å². The molecule has 138 valence electrons. The predicted molar refractivity (Wildman–Crippen MR) is 98.3 cm³/mol. The third-order valence-corrected chi connectivity index (χ3v) is 4.43. The fourth-order valence-electron chi connectivity index (χ4n) is 2.83. The normalized spacial score (nSPS) is 10.7. The van der Waals surface area contributed by atoms with Gasteiger partial charge in [0.15, 0.2) is 5.78 Å². The Morgan fingerprint density at radius 2 is 1.56 bits per heavy atom. The van der Waals surface area contributed by atoms with Gasteiger partial charge in [0.05, 0.1) is 12.1 Å². The van der Waals surface area contributed by atoms with E-state index in [2.05, 4.69) is 5.10 Å². The number of hydrogen-bond donors (Lipinski definition) is 0. The first-order valence-electron chi connectivity index (χ1n) is 8.45. The zero-order valence-electron chi connectivity index (χ0n) is 15.3. The van der Waals surface area contributed by atoms with Gasteiger partial charge in [-0.15, -0.1) is 0 Å². The van der Waals surface area contributed by atoms with E-state index in [-0.39, 0.29) is 12.2 Å². The van der Waals surface area contributed by atoms with Gasteiger partial charge in [-0.25, -0.2) is 4.39 Å². The Labute approximate surface area is 156 Å². The predicted octanol–water partition coefficient (Wildman–Crippen LogP) is 3.56. The second-order valence-electron chi connectivity index (χ2n) is 6.28. The first-order chi connectivity index (χ1) is 12.8. The molecule has 27 heavy (non-hydrogen) atoms. The fourth-order valence-corrected chi connectivity index (χ4v) is 2.83. The molecule has 0 N–H and O–H groups in total. The standard InChI is InChI=1S/C21H19FN2O3/c1-13-19(14(2)24(3)23-13)12-20(25)27-18-10-6-16(7-11-18)21(26)15-4-8-17(22)9-5-15/h4-11H,12H2,1-3H3. The number of aromatic nitrogens is 2. The van der Waals surface area contributed by atoms with E-state index in [0.29, 0.717) is 16.9 Å². The van der Waals surface area contributed by atoms with E-state index in [1.165, 1.54) is 24.3 Å². The summed E-state index contributed by atoms with van der Waals surface area (Å²) in [5.74, 6) is -0.663. The average molecular weight is 366 g/mol. The molecule has 0 amide bonds. The molecule has 3 rings (SSSR count). The van der Waals surface area contributed by atoms with Crippen LogP contribution in [-0.4, -0.2) is 21.5 Å². The highest BCUT2D eigenvalue weighted by molar-refractivity contribution is 6.09. The molecule has 0 aliphatic rings. The van der Waals surface area contributed by atoms with Gasteiger partial charge in [0.2, 0.25) is 0 Å². The number of esters is 1. The van der Waals surface area contributed by atoms with E-state index in [9.17, 15) is 14.0 Å². The summed E-state index contributed by atoms with van der Waals surface area (Å²) in [6, 6.07) is 11.6. The molecule has 0 saturated carbocycles. The SMILES string of the molecule is Cc1nn(C)c(C)c1CC(=O)Oc1ccc(C(=O)c2ccc(F)cc2)cc1. The van der Waals surface area contributed by atoms with Crippen LogP contribution in [0.3, 0.4) is 0 Å². The zero-order chi connectivity index (χ0) is 19.6. The molecule has 1 aromatic heterocycles. The van der Waals surface area contributed by atoms with Crippen LogP contribution in [0, 0.1) is 19.7 Å². The van der Waals surface area contributed by atoms with Gasteiger partial charge in [-0.05, 0) is 62.4 Å². The second kappa shape index (κ2) is 7.53. The summed E-state index contributed by atoms with van der Waals surface area (Å²) in [6.07, 6.45) is 0.127. The molecule has 5 nitrogen and oxygen atoms in total. The lowest BCUT2D eigenvalue weighted by molar-refractivity contribution is -0.133. The van der Waals surface area contributed by atoms with Gasteiger partial charge in [0.25, 0.3) is 0 Å². The summed E-state index contributed by atoms with van der Waals surface area (Å²) < 4.78 is 20.1. The van der Waals surface area contributed by atoms with Gasteiger partial charge in [-0.1, -0.05) is 0 Å². The van der Waals surface area contributed by atoms with Gasteiger partial charge in [0.1, 0.15) is 11.6 Å². The van der Waals surface area contributed by atoms with E-state index in [1.54, 1.807) is 28.9 Å². The Balaban J connectivity index is 1.67. The summed E-state index contributed by atoms with van der Waals surface area (Å²) in [5, 5.41) is 4.28. The Kier molecular flexibility index (Phi) is 5.16. The van der Waals surface area contributed by atoms with Crippen molar-refractivity contribution < 1.29 is 18.7 Å². The average Bonchev–Trinajstić information content (AvgIpc) is 2.88. The highest BCUT2D eigenvalue weighted by Crippen LogP contribution is 2.18. The van der Waals surface area contributed by atoms with Crippen LogP contribution in [0.25, 0.3) is 0 Å². The summed E-state index contributed by atoms with van der Waals surface area (Å²) in [4.78, 5) is 24.6.